The Labute approximate surface area is 112 Å². The quantitative estimate of drug-likeness (QED) is 0.908. The van der Waals surface area contributed by atoms with Crippen molar-refractivity contribution in [2.45, 2.75) is 27.3 Å². The number of pyridine rings is 1. The van der Waals surface area contributed by atoms with E-state index in [1.807, 2.05) is 32.9 Å². The smallest absolute Gasteiger partial charge is 0.255 e. The van der Waals surface area contributed by atoms with Gasteiger partial charge in [0.1, 0.15) is 5.82 Å². The third-order valence-electron chi connectivity index (χ3n) is 2.81. The van der Waals surface area contributed by atoms with Gasteiger partial charge in [0.05, 0.1) is 17.0 Å². The van der Waals surface area contributed by atoms with E-state index in [-0.39, 0.29) is 5.91 Å². The summed E-state index contributed by atoms with van der Waals surface area (Å²) in [6, 6.07) is 3.73. The Hall–Kier alpha value is -2.30. The molecular weight excluding hydrogens is 240 g/mol. The molecule has 19 heavy (non-hydrogen) atoms. The van der Waals surface area contributed by atoms with Gasteiger partial charge in [0, 0.05) is 18.9 Å². The first kappa shape index (κ1) is 13.1. The molecule has 0 fully saturated rings. The van der Waals surface area contributed by atoms with Crippen LogP contribution in [-0.4, -0.2) is 20.9 Å². The highest BCUT2D eigenvalue weighted by atomic mass is 16.1. The van der Waals surface area contributed by atoms with Crippen molar-refractivity contribution in [3.63, 3.8) is 0 Å². The lowest BCUT2D eigenvalue weighted by Gasteiger charge is -2.10. The standard InChI is InChI=1S/C14H16N4O/c1-9-13(10(2)18-11(3)17-9)14(19)16-8-12-4-6-15-7-5-12/h4-7H,8H2,1-3H3,(H,16,19). The Morgan fingerprint density at radius 3 is 2.26 bits per heavy atom. The molecule has 0 saturated carbocycles. The molecule has 0 bridgehead atoms. The first-order valence-electron chi connectivity index (χ1n) is 6.07. The molecule has 2 aromatic heterocycles. The fourth-order valence-electron chi connectivity index (χ4n) is 1.98. The maximum Gasteiger partial charge on any atom is 0.255 e. The zero-order valence-electron chi connectivity index (χ0n) is 11.3. The molecular formula is C14H16N4O. The van der Waals surface area contributed by atoms with E-state index < -0.39 is 0 Å². The molecule has 0 saturated heterocycles. The number of hydrogen-bond acceptors (Lipinski definition) is 4. The second-order valence-electron chi connectivity index (χ2n) is 4.35. The summed E-state index contributed by atoms with van der Waals surface area (Å²) in [5.74, 6) is 0.535. The van der Waals surface area contributed by atoms with Gasteiger partial charge in [-0.1, -0.05) is 0 Å². The van der Waals surface area contributed by atoms with Crippen molar-refractivity contribution in [3.8, 4) is 0 Å². The number of nitrogens with zero attached hydrogens (tertiary/aromatic N) is 3. The molecule has 5 heteroatoms. The number of rotatable bonds is 3. The lowest BCUT2D eigenvalue weighted by Crippen LogP contribution is -2.25. The summed E-state index contributed by atoms with van der Waals surface area (Å²) < 4.78 is 0. The second-order valence-corrected chi connectivity index (χ2v) is 4.35. The van der Waals surface area contributed by atoms with Crippen molar-refractivity contribution in [2.24, 2.45) is 0 Å². The third kappa shape index (κ3) is 3.13. The van der Waals surface area contributed by atoms with Crippen LogP contribution in [0.15, 0.2) is 24.5 Å². The molecule has 98 valence electrons. The summed E-state index contributed by atoms with van der Waals surface area (Å²) in [6.45, 7) is 5.93. The zero-order valence-corrected chi connectivity index (χ0v) is 11.3. The third-order valence-corrected chi connectivity index (χ3v) is 2.81. The Morgan fingerprint density at radius 1 is 1.11 bits per heavy atom. The monoisotopic (exact) mass is 256 g/mol. The van der Waals surface area contributed by atoms with Gasteiger partial charge in [-0.3, -0.25) is 9.78 Å². The highest BCUT2D eigenvalue weighted by Crippen LogP contribution is 2.10. The minimum atomic E-state index is -0.146. The normalized spacial score (nSPS) is 10.3. The summed E-state index contributed by atoms with van der Waals surface area (Å²) in [5.41, 5.74) is 2.97. The highest BCUT2D eigenvalue weighted by molar-refractivity contribution is 5.96. The van der Waals surface area contributed by atoms with Gasteiger partial charge in [0.25, 0.3) is 5.91 Å². The number of nitrogens with one attached hydrogen (secondary N) is 1. The second kappa shape index (κ2) is 5.56. The average molecular weight is 256 g/mol. The summed E-state index contributed by atoms with van der Waals surface area (Å²) in [5, 5.41) is 2.87. The van der Waals surface area contributed by atoms with E-state index in [1.54, 1.807) is 12.4 Å². The Morgan fingerprint density at radius 2 is 1.68 bits per heavy atom. The SMILES string of the molecule is Cc1nc(C)c(C(=O)NCc2ccncc2)c(C)n1. The van der Waals surface area contributed by atoms with Crippen LogP contribution in [0.4, 0.5) is 0 Å². The van der Waals surface area contributed by atoms with Gasteiger partial charge < -0.3 is 5.32 Å². The van der Waals surface area contributed by atoms with Crippen molar-refractivity contribution in [3.05, 3.63) is 52.9 Å². The van der Waals surface area contributed by atoms with Crippen LogP contribution in [0, 0.1) is 20.8 Å². The Bertz CT molecular complexity index is 573. The van der Waals surface area contributed by atoms with Crippen LogP contribution in [-0.2, 0) is 6.54 Å². The first-order valence-corrected chi connectivity index (χ1v) is 6.07. The van der Waals surface area contributed by atoms with Crippen molar-refractivity contribution in [1.82, 2.24) is 20.3 Å². The first-order chi connectivity index (χ1) is 9.08. The van der Waals surface area contributed by atoms with Crippen LogP contribution in [0.1, 0.15) is 33.1 Å². The van der Waals surface area contributed by atoms with Gasteiger partial charge in [-0.15, -0.1) is 0 Å². The molecule has 1 amide bonds. The fourth-order valence-corrected chi connectivity index (χ4v) is 1.98. The van der Waals surface area contributed by atoms with Gasteiger partial charge in [-0.2, -0.15) is 0 Å². The molecule has 1 N–H and O–H groups in total. The molecule has 0 aliphatic heterocycles. The molecule has 2 rings (SSSR count). The van der Waals surface area contributed by atoms with E-state index >= 15 is 0 Å². The molecule has 0 aliphatic carbocycles. The summed E-state index contributed by atoms with van der Waals surface area (Å²) in [4.78, 5) is 24.6. The fraction of sp³-hybridized carbons (Fsp3) is 0.286. The number of carbonyl (C=O) groups excluding carboxylic acids is 1. The van der Waals surface area contributed by atoms with Crippen LogP contribution in [0.2, 0.25) is 0 Å². The van der Waals surface area contributed by atoms with Crippen molar-refractivity contribution >= 4 is 5.91 Å². The average Bonchev–Trinajstić information content (AvgIpc) is 2.36. The topological polar surface area (TPSA) is 67.8 Å². The maximum atomic E-state index is 12.2. The van der Waals surface area contributed by atoms with Crippen LogP contribution in [0.25, 0.3) is 0 Å². The van der Waals surface area contributed by atoms with E-state index in [0.717, 1.165) is 5.56 Å². The molecule has 2 heterocycles. The highest BCUT2D eigenvalue weighted by Gasteiger charge is 2.14. The molecule has 0 unspecified atom stereocenters. The lowest BCUT2D eigenvalue weighted by atomic mass is 10.1. The van der Waals surface area contributed by atoms with E-state index in [2.05, 4.69) is 20.3 Å². The minimum Gasteiger partial charge on any atom is -0.348 e. The predicted octanol–water partition coefficient (Wildman–Crippen LogP) is 1.73. The maximum absolute atomic E-state index is 12.2. The number of aromatic nitrogens is 3. The van der Waals surface area contributed by atoms with E-state index in [4.69, 9.17) is 0 Å². The summed E-state index contributed by atoms with van der Waals surface area (Å²) in [7, 11) is 0. The Balaban J connectivity index is 2.13. The van der Waals surface area contributed by atoms with Crippen LogP contribution in [0.3, 0.4) is 0 Å². The number of aryl methyl sites for hydroxylation is 3. The Kier molecular flexibility index (Phi) is 3.85. The van der Waals surface area contributed by atoms with Gasteiger partial charge >= 0.3 is 0 Å². The summed E-state index contributed by atoms with van der Waals surface area (Å²) in [6.07, 6.45) is 3.40. The van der Waals surface area contributed by atoms with Gasteiger partial charge in [0.15, 0.2) is 0 Å². The molecule has 0 aliphatic rings. The lowest BCUT2D eigenvalue weighted by molar-refractivity contribution is 0.0948. The van der Waals surface area contributed by atoms with Crippen molar-refractivity contribution < 1.29 is 4.79 Å². The predicted molar refractivity (Wildman–Crippen MR) is 71.7 cm³/mol. The van der Waals surface area contributed by atoms with Gasteiger partial charge in [0.2, 0.25) is 0 Å². The van der Waals surface area contributed by atoms with Crippen LogP contribution < -0.4 is 5.32 Å². The summed E-state index contributed by atoms with van der Waals surface area (Å²) >= 11 is 0. The van der Waals surface area contributed by atoms with Gasteiger partial charge in [-0.25, -0.2) is 9.97 Å². The molecule has 0 spiro atoms. The largest absolute Gasteiger partial charge is 0.348 e. The van der Waals surface area contributed by atoms with Crippen molar-refractivity contribution in [1.29, 1.82) is 0 Å². The molecule has 5 nitrogen and oxygen atoms in total. The minimum absolute atomic E-state index is 0.146. The van der Waals surface area contributed by atoms with E-state index in [0.29, 0.717) is 29.3 Å². The van der Waals surface area contributed by atoms with Crippen molar-refractivity contribution in [2.75, 3.05) is 0 Å². The van der Waals surface area contributed by atoms with E-state index in [1.165, 1.54) is 0 Å². The van der Waals surface area contributed by atoms with Gasteiger partial charge in [-0.05, 0) is 38.5 Å². The molecule has 0 radical (unpaired) electrons. The number of carbonyl (C=O) groups is 1. The van der Waals surface area contributed by atoms with E-state index in [9.17, 15) is 4.79 Å². The van der Waals surface area contributed by atoms with Crippen LogP contribution in [0.5, 0.6) is 0 Å². The van der Waals surface area contributed by atoms with Crippen LogP contribution >= 0.6 is 0 Å². The molecule has 0 atom stereocenters. The number of amides is 1. The molecule has 0 aromatic carbocycles. The molecule has 2 aromatic rings. The zero-order chi connectivity index (χ0) is 13.8. The number of hydrogen-bond donors (Lipinski definition) is 1.